The molecule has 0 fully saturated rings. The van der Waals surface area contributed by atoms with Crippen LogP contribution in [0.4, 0.5) is 0 Å². The monoisotopic (exact) mass is 236 g/mol. The largest absolute Gasteiger partial charge is 0.504 e. The summed E-state index contributed by atoms with van der Waals surface area (Å²) < 4.78 is 5.02. The van der Waals surface area contributed by atoms with Crippen LogP contribution in [0, 0.1) is 0 Å². The van der Waals surface area contributed by atoms with Gasteiger partial charge < -0.3 is 14.9 Å². The Labute approximate surface area is 100 Å². The molecule has 1 aromatic rings. The van der Waals surface area contributed by atoms with Gasteiger partial charge in [-0.05, 0) is 44.5 Å². The molecule has 0 aromatic heterocycles. The summed E-state index contributed by atoms with van der Waals surface area (Å²) in [6.07, 6.45) is 1.42. The van der Waals surface area contributed by atoms with Crippen LogP contribution < -0.4 is 0 Å². The molecule has 0 aliphatic carbocycles. The van der Waals surface area contributed by atoms with E-state index in [1.165, 1.54) is 12.1 Å². The number of benzene rings is 1. The smallest absolute Gasteiger partial charge is 0.333 e. The average molecular weight is 236 g/mol. The summed E-state index contributed by atoms with van der Waals surface area (Å²) in [5, 5.41) is 18.4. The lowest BCUT2D eigenvalue weighted by Crippen LogP contribution is -2.11. The maximum Gasteiger partial charge on any atom is 0.333 e. The van der Waals surface area contributed by atoms with E-state index < -0.39 is 5.97 Å². The van der Waals surface area contributed by atoms with E-state index in [0.717, 1.165) is 0 Å². The van der Waals surface area contributed by atoms with Gasteiger partial charge in [0.15, 0.2) is 11.5 Å². The SMILES string of the molecule is CC(=Cc1ccc(O)c(O)c1)C(=O)OC(C)C. The quantitative estimate of drug-likeness (QED) is 0.480. The molecule has 0 aliphatic rings. The van der Waals surface area contributed by atoms with Crippen LogP contribution in [-0.2, 0) is 9.53 Å². The predicted molar refractivity (Wildman–Crippen MR) is 64.7 cm³/mol. The molecule has 17 heavy (non-hydrogen) atoms. The number of carbonyl (C=O) groups is 1. The van der Waals surface area contributed by atoms with Crippen LogP contribution in [0.1, 0.15) is 26.3 Å². The van der Waals surface area contributed by atoms with Crippen molar-refractivity contribution in [2.75, 3.05) is 0 Å². The molecule has 0 saturated carbocycles. The van der Waals surface area contributed by atoms with Crippen molar-refractivity contribution in [1.82, 2.24) is 0 Å². The molecule has 0 spiro atoms. The number of hydrogen-bond donors (Lipinski definition) is 2. The zero-order valence-corrected chi connectivity index (χ0v) is 10.1. The van der Waals surface area contributed by atoms with Gasteiger partial charge in [-0.25, -0.2) is 4.79 Å². The first-order valence-corrected chi connectivity index (χ1v) is 5.31. The number of carbonyl (C=O) groups excluding carboxylic acids is 1. The predicted octanol–water partition coefficient (Wildman–Crippen LogP) is 2.45. The molecule has 1 aromatic carbocycles. The molecule has 0 amide bonds. The highest BCUT2D eigenvalue weighted by molar-refractivity contribution is 5.93. The molecule has 4 nitrogen and oxygen atoms in total. The highest BCUT2D eigenvalue weighted by Gasteiger charge is 2.08. The summed E-state index contributed by atoms with van der Waals surface area (Å²) in [7, 11) is 0. The van der Waals surface area contributed by atoms with Gasteiger partial charge in [0, 0.05) is 5.57 Å². The molecule has 0 bridgehead atoms. The molecule has 0 saturated heterocycles. The Morgan fingerprint density at radius 2 is 1.94 bits per heavy atom. The lowest BCUT2D eigenvalue weighted by Gasteiger charge is -2.08. The third-order valence-electron chi connectivity index (χ3n) is 2.05. The third-order valence-corrected chi connectivity index (χ3v) is 2.05. The van der Waals surface area contributed by atoms with Gasteiger partial charge in [0.05, 0.1) is 6.10 Å². The molecular weight excluding hydrogens is 220 g/mol. The fourth-order valence-electron chi connectivity index (χ4n) is 1.25. The normalized spacial score (nSPS) is 11.6. The van der Waals surface area contributed by atoms with Gasteiger partial charge in [-0.1, -0.05) is 6.07 Å². The maximum atomic E-state index is 11.5. The molecule has 0 aliphatic heterocycles. The number of ether oxygens (including phenoxy) is 1. The number of aromatic hydroxyl groups is 2. The zero-order chi connectivity index (χ0) is 13.0. The van der Waals surface area contributed by atoms with Gasteiger partial charge in [0.2, 0.25) is 0 Å². The van der Waals surface area contributed by atoms with Gasteiger partial charge in [0.1, 0.15) is 0 Å². The third kappa shape index (κ3) is 3.83. The van der Waals surface area contributed by atoms with E-state index in [9.17, 15) is 9.90 Å². The summed E-state index contributed by atoms with van der Waals surface area (Å²) >= 11 is 0. The van der Waals surface area contributed by atoms with Crippen molar-refractivity contribution in [3.05, 3.63) is 29.3 Å². The number of hydrogen-bond acceptors (Lipinski definition) is 4. The number of phenols is 2. The van der Waals surface area contributed by atoms with E-state index in [1.807, 2.05) is 0 Å². The van der Waals surface area contributed by atoms with Crippen molar-refractivity contribution >= 4 is 12.0 Å². The second kappa shape index (κ2) is 5.39. The Morgan fingerprint density at radius 3 is 2.47 bits per heavy atom. The van der Waals surface area contributed by atoms with Crippen molar-refractivity contribution in [3.8, 4) is 11.5 Å². The van der Waals surface area contributed by atoms with Crippen molar-refractivity contribution in [3.63, 3.8) is 0 Å². The first kappa shape index (κ1) is 13.1. The van der Waals surface area contributed by atoms with Gasteiger partial charge >= 0.3 is 5.97 Å². The van der Waals surface area contributed by atoms with Gasteiger partial charge in [-0.2, -0.15) is 0 Å². The second-order valence-electron chi connectivity index (χ2n) is 4.03. The van der Waals surface area contributed by atoms with Crippen LogP contribution in [0.3, 0.4) is 0 Å². The Morgan fingerprint density at radius 1 is 1.29 bits per heavy atom. The van der Waals surface area contributed by atoms with E-state index in [0.29, 0.717) is 11.1 Å². The lowest BCUT2D eigenvalue weighted by atomic mass is 10.1. The van der Waals surface area contributed by atoms with Gasteiger partial charge in [0.25, 0.3) is 0 Å². The number of esters is 1. The van der Waals surface area contributed by atoms with E-state index in [2.05, 4.69) is 0 Å². The topological polar surface area (TPSA) is 66.8 Å². The van der Waals surface area contributed by atoms with Crippen molar-refractivity contribution in [2.24, 2.45) is 0 Å². The summed E-state index contributed by atoms with van der Waals surface area (Å²) in [5.41, 5.74) is 1.06. The Balaban J connectivity index is 2.87. The summed E-state index contributed by atoms with van der Waals surface area (Å²) in [6.45, 7) is 5.18. The second-order valence-corrected chi connectivity index (χ2v) is 4.03. The fourth-order valence-corrected chi connectivity index (χ4v) is 1.25. The van der Waals surface area contributed by atoms with E-state index in [4.69, 9.17) is 9.84 Å². The Hall–Kier alpha value is -1.97. The Bertz CT molecular complexity index is 447. The van der Waals surface area contributed by atoms with E-state index in [-0.39, 0.29) is 17.6 Å². The van der Waals surface area contributed by atoms with Crippen molar-refractivity contribution in [2.45, 2.75) is 26.9 Å². The molecule has 1 rings (SSSR count). The maximum absolute atomic E-state index is 11.5. The molecule has 0 radical (unpaired) electrons. The van der Waals surface area contributed by atoms with Crippen LogP contribution in [0.2, 0.25) is 0 Å². The molecule has 2 N–H and O–H groups in total. The average Bonchev–Trinajstić information content (AvgIpc) is 2.22. The number of rotatable bonds is 3. The van der Waals surface area contributed by atoms with Crippen LogP contribution in [0.15, 0.2) is 23.8 Å². The van der Waals surface area contributed by atoms with Crippen molar-refractivity contribution < 1.29 is 19.7 Å². The fraction of sp³-hybridized carbons (Fsp3) is 0.308. The van der Waals surface area contributed by atoms with Crippen molar-refractivity contribution in [1.29, 1.82) is 0 Å². The van der Waals surface area contributed by atoms with Crippen LogP contribution in [-0.4, -0.2) is 22.3 Å². The molecule has 0 heterocycles. The highest BCUT2D eigenvalue weighted by atomic mass is 16.5. The summed E-state index contributed by atoms with van der Waals surface area (Å²) in [5.74, 6) is -0.805. The summed E-state index contributed by atoms with van der Waals surface area (Å²) in [4.78, 5) is 11.5. The molecule has 4 heteroatoms. The minimum absolute atomic E-state index is 0.168. The van der Waals surface area contributed by atoms with Crippen LogP contribution in [0.5, 0.6) is 11.5 Å². The zero-order valence-electron chi connectivity index (χ0n) is 10.1. The summed E-state index contributed by atoms with van der Waals surface area (Å²) in [6, 6.07) is 4.34. The molecular formula is C13H16O4. The first-order chi connectivity index (χ1) is 7.90. The molecule has 92 valence electrons. The van der Waals surface area contributed by atoms with Crippen LogP contribution in [0.25, 0.3) is 6.08 Å². The Kier molecular flexibility index (Phi) is 4.15. The number of phenolic OH excluding ortho intramolecular Hbond substituents is 2. The minimum Gasteiger partial charge on any atom is -0.504 e. The molecule has 0 atom stereocenters. The van der Waals surface area contributed by atoms with E-state index in [1.54, 1.807) is 32.9 Å². The van der Waals surface area contributed by atoms with Gasteiger partial charge in [-0.15, -0.1) is 0 Å². The first-order valence-electron chi connectivity index (χ1n) is 5.31. The van der Waals surface area contributed by atoms with Crippen LogP contribution >= 0.6 is 0 Å². The lowest BCUT2D eigenvalue weighted by molar-refractivity contribution is -0.142. The highest BCUT2D eigenvalue weighted by Crippen LogP contribution is 2.25. The standard InChI is InChI=1S/C13H16O4/c1-8(2)17-13(16)9(3)6-10-4-5-11(14)12(15)7-10/h4-8,14-15H,1-3H3. The minimum atomic E-state index is -0.396. The van der Waals surface area contributed by atoms with E-state index >= 15 is 0 Å². The molecule has 0 unspecified atom stereocenters. The van der Waals surface area contributed by atoms with Gasteiger partial charge in [-0.3, -0.25) is 0 Å².